The number of hydrogen-bond donors (Lipinski definition) is 2. The average Bonchev–Trinajstić information content (AvgIpc) is 2.94. The summed E-state index contributed by atoms with van der Waals surface area (Å²) >= 11 is 3.27. The molecule has 0 fully saturated rings. The van der Waals surface area contributed by atoms with Crippen LogP contribution in [0.5, 0.6) is 5.75 Å². The Labute approximate surface area is 181 Å². The normalized spacial score (nSPS) is 12.6. The van der Waals surface area contributed by atoms with Crippen LogP contribution in [0, 0.1) is 6.92 Å². The van der Waals surface area contributed by atoms with Gasteiger partial charge in [-0.3, -0.25) is 24.1 Å². The third-order valence-electron chi connectivity index (χ3n) is 4.57. The van der Waals surface area contributed by atoms with Gasteiger partial charge in [0.25, 0.3) is 11.8 Å². The Morgan fingerprint density at radius 1 is 1.03 bits per heavy atom. The van der Waals surface area contributed by atoms with Crippen molar-refractivity contribution in [3.63, 3.8) is 0 Å². The molecule has 1 heterocycles. The summed E-state index contributed by atoms with van der Waals surface area (Å²) in [6.45, 7) is 1.57. The summed E-state index contributed by atoms with van der Waals surface area (Å²) < 4.78 is 5.89. The van der Waals surface area contributed by atoms with E-state index in [1.54, 1.807) is 30.3 Å². The maximum absolute atomic E-state index is 12.4. The van der Waals surface area contributed by atoms with Gasteiger partial charge in [-0.25, -0.2) is 0 Å². The molecule has 0 bridgehead atoms. The SMILES string of the molecule is COc1ccc(C)cc1NC(=O)CNC(=O)CCN1C(=O)c2ccc(Br)cc2C1=O. The molecule has 0 unspecified atom stereocenters. The molecule has 8 nitrogen and oxygen atoms in total. The highest BCUT2D eigenvalue weighted by molar-refractivity contribution is 9.10. The molecule has 0 spiro atoms. The highest BCUT2D eigenvalue weighted by Gasteiger charge is 2.35. The van der Waals surface area contributed by atoms with Gasteiger partial charge in [-0.05, 0) is 42.8 Å². The number of rotatable bonds is 7. The van der Waals surface area contributed by atoms with Gasteiger partial charge < -0.3 is 15.4 Å². The topological polar surface area (TPSA) is 105 Å². The molecule has 0 saturated carbocycles. The van der Waals surface area contributed by atoms with Crippen molar-refractivity contribution in [3.8, 4) is 5.75 Å². The summed E-state index contributed by atoms with van der Waals surface area (Å²) in [5, 5.41) is 5.17. The number of ether oxygens (including phenoxy) is 1. The van der Waals surface area contributed by atoms with Crippen LogP contribution in [0.2, 0.25) is 0 Å². The minimum atomic E-state index is -0.445. The van der Waals surface area contributed by atoms with Gasteiger partial charge in [-0.1, -0.05) is 22.0 Å². The van der Waals surface area contributed by atoms with Crippen LogP contribution in [-0.2, 0) is 9.59 Å². The monoisotopic (exact) mass is 473 g/mol. The zero-order chi connectivity index (χ0) is 21.8. The second-order valence-electron chi connectivity index (χ2n) is 6.73. The van der Waals surface area contributed by atoms with Crippen LogP contribution in [0.4, 0.5) is 5.69 Å². The Morgan fingerprint density at radius 2 is 1.77 bits per heavy atom. The molecular weight excluding hydrogens is 454 g/mol. The lowest BCUT2D eigenvalue weighted by molar-refractivity contribution is -0.124. The first-order chi connectivity index (χ1) is 14.3. The molecule has 0 saturated heterocycles. The van der Waals surface area contributed by atoms with Crippen molar-refractivity contribution in [3.05, 3.63) is 57.6 Å². The molecule has 1 aliphatic heterocycles. The second kappa shape index (κ2) is 9.08. The number of amides is 4. The zero-order valence-electron chi connectivity index (χ0n) is 16.5. The van der Waals surface area contributed by atoms with Crippen LogP contribution >= 0.6 is 15.9 Å². The first-order valence-corrected chi connectivity index (χ1v) is 9.96. The maximum Gasteiger partial charge on any atom is 0.261 e. The van der Waals surface area contributed by atoms with Gasteiger partial charge in [0.05, 0.1) is 30.5 Å². The van der Waals surface area contributed by atoms with E-state index in [9.17, 15) is 19.2 Å². The lowest BCUT2D eigenvalue weighted by atomic mass is 10.1. The first-order valence-electron chi connectivity index (χ1n) is 9.17. The Morgan fingerprint density at radius 3 is 2.50 bits per heavy atom. The van der Waals surface area contributed by atoms with E-state index in [0.29, 0.717) is 27.0 Å². The van der Waals surface area contributed by atoms with Crippen LogP contribution in [0.25, 0.3) is 0 Å². The lowest BCUT2D eigenvalue weighted by Crippen LogP contribution is -2.37. The van der Waals surface area contributed by atoms with Crippen molar-refractivity contribution in [2.75, 3.05) is 25.5 Å². The zero-order valence-corrected chi connectivity index (χ0v) is 18.0. The highest BCUT2D eigenvalue weighted by atomic mass is 79.9. The number of halogens is 1. The number of benzene rings is 2. The lowest BCUT2D eigenvalue weighted by Gasteiger charge is -2.14. The molecule has 1 aliphatic rings. The van der Waals surface area contributed by atoms with Crippen LogP contribution in [-0.4, -0.2) is 48.7 Å². The number of nitrogens with one attached hydrogen (secondary N) is 2. The molecule has 2 aromatic rings. The summed E-state index contributed by atoms with van der Waals surface area (Å²) in [5.74, 6) is -1.22. The second-order valence-corrected chi connectivity index (χ2v) is 7.65. The fourth-order valence-electron chi connectivity index (χ4n) is 3.06. The fourth-order valence-corrected chi connectivity index (χ4v) is 3.42. The van der Waals surface area contributed by atoms with Gasteiger partial charge >= 0.3 is 0 Å². The minimum Gasteiger partial charge on any atom is -0.495 e. The Balaban J connectivity index is 1.50. The van der Waals surface area contributed by atoms with Crippen LogP contribution in [0.1, 0.15) is 32.7 Å². The third kappa shape index (κ3) is 4.68. The Hall–Kier alpha value is -3.20. The Kier molecular flexibility index (Phi) is 6.51. The largest absolute Gasteiger partial charge is 0.495 e. The summed E-state index contributed by atoms with van der Waals surface area (Å²) in [5.41, 5.74) is 2.08. The van der Waals surface area contributed by atoms with E-state index in [0.717, 1.165) is 10.5 Å². The van der Waals surface area contributed by atoms with Crippen molar-refractivity contribution in [2.45, 2.75) is 13.3 Å². The molecule has 9 heteroatoms. The van der Waals surface area contributed by atoms with Crippen molar-refractivity contribution in [2.24, 2.45) is 0 Å². The molecule has 0 radical (unpaired) electrons. The molecule has 0 atom stereocenters. The standard InChI is InChI=1S/C21H20BrN3O5/c1-12-3-6-17(30-2)16(9-12)24-19(27)11-23-18(26)7-8-25-20(28)14-5-4-13(22)10-15(14)21(25)29/h3-6,9-10H,7-8,11H2,1-2H3,(H,23,26)(H,24,27). The maximum atomic E-state index is 12.4. The number of methoxy groups -OCH3 is 1. The quantitative estimate of drug-likeness (QED) is 0.601. The van der Waals surface area contributed by atoms with Crippen LogP contribution in [0.15, 0.2) is 40.9 Å². The van der Waals surface area contributed by atoms with Gasteiger partial charge in [-0.15, -0.1) is 0 Å². The number of fused-ring (bicyclic) bond motifs is 1. The number of carbonyl (C=O) groups excluding carboxylic acids is 4. The van der Waals surface area contributed by atoms with Gasteiger partial charge in [0.1, 0.15) is 5.75 Å². The molecule has 3 rings (SSSR count). The van der Waals surface area contributed by atoms with E-state index in [2.05, 4.69) is 26.6 Å². The highest BCUT2D eigenvalue weighted by Crippen LogP contribution is 2.26. The summed E-state index contributed by atoms with van der Waals surface area (Å²) in [4.78, 5) is 50.1. The third-order valence-corrected chi connectivity index (χ3v) is 5.06. The molecule has 2 N–H and O–H groups in total. The molecule has 0 aromatic heterocycles. The molecule has 0 aliphatic carbocycles. The summed E-state index contributed by atoms with van der Waals surface area (Å²) in [7, 11) is 1.50. The molecule has 4 amide bonds. The molecule has 156 valence electrons. The molecule has 2 aromatic carbocycles. The summed E-state index contributed by atoms with van der Waals surface area (Å²) in [6.07, 6.45) is -0.103. The van der Waals surface area contributed by atoms with E-state index in [1.807, 2.05) is 13.0 Å². The smallest absolute Gasteiger partial charge is 0.261 e. The van der Waals surface area contributed by atoms with Gasteiger partial charge in [-0.2, -0.15) is 0 Å². The molecular formula is C21H20BrN3O5. The van der Waals surface area contributed by atoms with E-state index in [-0.39, 0.29) is 19.5 Å². The van der Waals surface area contributed by atoms with Gasteiger partial charge in [0, 0.05) is 17.4 Å². The number of aryl methyl sites for hydroxylation is 1. The minimum absolute atomic E-state index is 0.0663. The molecule has 30 heavy (non-hydrogen) atoms. The van der Waals surface area contributed by atoms with Crippen molar-refractivity contribution in [1.82, 2.24) is 10.2 Å². The number of nitrogens with zero attached hydrogens (tertiary/aromatic N) is 1. The number of anilines is 1. The van der Waals surface area contributed by atoms with Crippen molar-refractivity contribution < 1.29 is 23.9 Å². The van der Waals surface area contributed by atoms with E-state index >= 15 is 0 Å². The van der Waals surface area contributed by atoms with Crippen LogP contribution in [0.3, 0.4) is 0 Å². The fraction of sp³-hybridized carbons (Fsp3) is 0.238. The van der Waals surface area contributed by atoms with Crippen molar-refractivity contribution >= 4 is 45.2 Å². The number of hydrogen-bond acceptors (Lipinski definition) is 5. The number of carbonyl (C=O) groups is 4. The first kappa shape index (κ1) is 21.5. The average molecular weight is 474 g/mol. The Bertz CT molecular complexity index is 1040. The van der Waals surface area contributed by atoms with Crippen LogP contribution < -0.4 is 15.4 Å². The van der Waals surface area contributed by atoms with E-state index < -0.39 is 23.6 Å². The van der Waals surface area contributed by atoms with E-state index in [1.165, 1.54) is 7.11 Å². The predicted octanol–water partition coefficient (Wildman–Crippen LogP) is 2.51. The van der Waals surface area contributed by atoms with E-state index in [4.69, 9.17) is 4.74 Å². The summed E-state index contributed by atoms with van der Waals surface area (Å²) in [6, 6.07) is 10.2. The predicted molar refractivity (Wildman–Crippen MR) is 113 cm³/mol. The van der Waals surface area contributed by atoms with Crippen molar-refractivity contribution in [1.29, 1.82) is 0 Å². The number of imide groups is 1. The van der Waals surface area contributed by atoms with Gasteiger partial charge in [0.2, 0.25) is 11.8 Å². The van der Waals surface area contributed by atoms with Gasteiger partial charge in [0.15, 0.2) is 0 Å².